The summed E-state index contributed by atoms with van der Waals surface area (Å²) in [6.07, 6.45) is 5.67. The fourth-order valence-corrected chi connectivity index (χ4v) is 1.58. The van der Waals surface area contributed by atoms with E-state index in [2.05, 4.69) is 0 Å². The number of primary amides is 1. The summed E-state index contributed by atoms with van der Waals surface area (Å²) in [4.78, 5) is 22.7. The van der Waals surface area contributed by atoms with Gasteiger partial charge in [0.15, 0.2) is 0 Å². The van der Waals surface area contributed by atoms with Gasteiger partial charge in [0.05, 0.1) is 5.92 Å². The van der Waals surface area contributed by atoms with Crippen molar-refractivity contribution in [1.82, 2.24) is 9.13 Å². The zero-order valence-corrected chi connectivity index (χ0v) is 8.72. The number of amides is 1. The van der Waals surface area contributed by atoms with Gasteiger partial charge in [0.2, 0.25) is 5.91 Å². The predicted molar refractivity (Wildman–Crippen MR) is 55.3 cm³/mol. The summed E-state index contributed by atoms with van der Waals surface area (Å²) in [5.74, 6) is -0.682. The van der Waals surface area contributed by atoms with E-state index in [0.717, 1.165) is 12.8 Å². The number of imidazole rings is 1. The Bertz CT molecular complexity index is 428. The van der Waals surface area contributed by atoms with Gasteiger partial charge >= 0.3 is 5.69 Å². The Morgan fingerprint density at radius 2 is 2.27 bits per heavy atom. The maximum atomic E-state index is 11.8. The molecule has 1 saturated carbocycles. The molecule has 82 valence electrons. The number of aromatic nitrogens is 2. The molecule has 1 aliphatic rings. The van der Waals surface area contributed by atoms with E-state index in [1.165, 1.54) is 0 Å². The van der Waals surface area contributed by atoms with E-state index in [-0.39, 0.29) is 17.5 Å². The van der Waals surface area contributed by atoms with Crippen molar-refractivity contribution in [3.63, 3.8) is 0 Å². The van der Waals surface area contributed by atoms with Crippen molar-refractivity contribution in [3.8, 4) is 0 Å². The van der Waals surface area contributed by atoms with Crippen molar-refractivity contribution < 1.29 is 4.79 Å². The lowest BCUT2D eigenvalue weighted by molar-refractivity contribution is -0.121. The predicted octanol–water partition coefficient (Wildman–Crippen LogP) is 0.106. The summed E-state index contributed by atoms with van der Waals surface area (Å²) in [5.41, 5.74) is 5.12. The Balaban J connectivity index is 2.15. The maximum Gasteiger partial charge on any atom is 0.328 e. The zero-order valence-electron chi connectivity index (χ0n) is 8.72. The highest BCUT2D eigenvalue weighted by Gasteiger charge is 2.25. The second kappa shape index (κ2) is 3.56. The lowest BCUT2D eigenvalue weighted by Gasteiger charge is -2.06. The molecule has 0 bridgehead atoms. The fraction of sp³-hybridized carbons (Fsp3) is 0.600. The normalized spacial score (nSPS) is 17.7. The molecule has 1 amide bonds. The molecule has 2 N–H and O–H groups in total. The van der Waals surface area contributed by atoms with E-state index >= 15 is 0 Å². The number of hydrogen-bond acceptors (Lipinski definition) is 2. The van der Waals surface area contributed by atoms with Crippen LogP contribution in [0.15, 0.2) is 17.2 Å². The highest BCUT2D eigenvalue weighted by molar-refractivity contribution is 5.76. The lowest BCUT2D eigenvalue weighted by Crippen LogP contribution is -2.30. The van der Waals surface area contributed by atoms with Crippen LogP contribution in [0.4, 0.5) is 0 Å². The molecule has 15 heavy (non-hydrogen) atoms. The van der Waals surface area contributed by atoms with Crippen molar-refractivity contribution in [2.24, 2.45) is 11.7 Å². The van der Waals surface area contributed by atoms with Crippen LogP contribution in [-0.4, -0.2) is 15.0 Å². The summed E-state index contributed by atoms with van der Waals surface area (Å²) in [6.45, 7) is 2.09. The number of nitrogens with two attached hydrogens (primary N) is 1. The van der Waals surface area contributed by atoms with E-state index < -0.39 is 0 Å². The molecule has 2 rings (SSSR count). The van der Waals surface area contributed by atoms with Gasteiger partial charge in [-0.3, -0.25) is 13.9 Å². The van der Waals surface area contributed by atoms with Crippen LogP contribution in [0.5, 0.6) is 0 Å². The minimum atomic E-state index is -0.374. The molecule has 1 aromatic rings. The molecule has 0 radical (unpaired) electrons. The lowest BCUT2D eigenvalue weighted by atomic mass is 10.2. The zero-order chi connectivity index (χ0) is 11.0. The average molecular weight is 209 g/mol. The molecule has 5 heteroatoms. The van der Waals surface area contributed by atoms with Crippen LogP contribution in [0, 0.1) is 5.92 Å². The summed E-state index contributed by atoms with van der Waals surface area (Å²) < 4.78 is 3.28. The molecular formula is C10H15N3O2. The Morgan fingerprint density at radius 3 is 2.80 bits per heavy atom. The fourth-order valence-electron chi connectivity index (χ4n) is 1.58. The highest BCUT2D eigenvalue weighted by Crippen LogP contribution is 2.33. The summed E-state index contributed by atoms with van der Waals surface area (Å²) in [6, 6.07) is 0.377. The van der Waals surface area contributed by atoms with Gasteiger partial charge in [-0.1, -0.05) is 6.92 Å². The van der Waals surface area contributed by atoms with Crippen molar-refractivity contribution in [2.45, 2.75) is 32.4 Å². The van der Waals surface area contributed by atoms with Crippen molar-refractivity contribution >= 4 is 5.91 Å². The largest absolute Gasteiger partial charge is 0.369 e. The van der Waals surface area contributed by atoms with Gasteiger partial charge in [-0.25, -0.2) is 4.79 Å². The molecule has 0 aromatic carbocycles. The van der Waals surface area contributed by atoms with E-state index in [9.17, 15) is 9.59 Å². The molecule has 1 fully saturated rings. The van der Waals surface area contributed by atoms with Crippen LogP contribution in [0.1, 0.15) is 25.8 Å². The third-order valence-corrected chi connectivity index (χ3v) is 2.77. The first-order chi connectivity index (χ1) is 7.09. The number of carbonyl (C=O) groups is 1. The number of carbonyl (C=O) groups excluding carboxylic acids is 1. The van der Waals surface area contributed by atoms with Crippen molar-refractivity contribution in [2.75, 3.05) is 0 Å². The van der Waals surface area contributed by atoms with Crippen LogP contribution < -0.4 is 11.4 Å². The summed E-state index contributed by atoms with van der Waals surface area (Å²) in [7, 11) is 0. The van der Waals surface area contributed by atoms with E-state index in [1.54, 1.807) is 28.5 Å². The van der Waals surface area contributed by atoms with Gasteiger partial charge in [-0.2, -0.15) is 0 Å². The second-order valence-electron chi connectivity index (χ2n) is 4.17. The minimum Gasteiger partial charge on any atom is -0.369 e. The first kappa shape index (κ1) is 10.0. The third kappa shape index (κ3) is 1.95. The smallest absolute Gasteiger partial charge is 0.328 e. The van der Waals surface area contributed by atoms with E-state index in [1.807, 2.05) is 0 Å². The molecular weight excluding hydrogens is 194 g/mol. The average Bonchev–Trinajstić information content (AvgIpc) is 2.95. The number of rotatable bonds is 4. The Kier molecular flexibility index (Phi) is 2.38. The third-order valence-electron chi connectivity index (χ3n) is 2.77. The van der Waals surface area contributed by atoms with Crippen LogP contribution in [0.2, 0.25) is 0 Å². The van der Waals surface area contributed by atoms with Gasteiger partial charge in [0.1, 0.15) is 0 Å². The maximum absolute atomic E-state index is 11.8. The van der Waals surface area contributed by atoms with Crippen LogP contribution in [0.25, 0.3) is 0 Å². The molecule has 1 heterocycles. The van der Waals surface area contributed by atoms with Gasteiger partial charge in [-0.15, -0.1) is 0 Å². The Hall–Kier alpha value is -1.52. The van der Waals surface area contributed by atoms with Gasteiger partial charge < -0.3 is 5.73 Å². The van der Waals surface area contributed by atoms with Gasteiger partial charge in [0.25, 0.3) is 0 Å². The van der Waals surface area contributed by atoms with Gasteiger partial charge in [0, 0.05) is 25.0 Å². The first-order valence-electron chi connectivity index (χ1n) is 5.16. The summed E-state index contributed by atoms with van der Waals surface area (Å²) >= 11 is 0. The second-order valence-corrected chi connectivity index (χ2v) is 4.17. The van der Waals surface area contributed by atoms with Crippen molar-refractivity contribution in [1.29, 1.82) is 0 Å². The quantitative estimate of drug-likeness (QED) is 0.764. The van der Waals surface area contributed by atoms with Crippen LogP contribution in [-0.2, 0) is 11.3 Å². The molecule has 5 nitrogen and oxygen atoms in total. The molecule has 0 saturated heterocycles. The SMILES string of the molecule is CC(Cn1ccn(C2CC2)c1=O)C(N)=O. The summed E-state index contributed by atoms with van der Waals surface area (Å²) in [5, 5.41) is 0. The van der Waals surface area contributed by atoms with Crippen molar-refractivity contribution in [3.05, 3.63) is 22.9 Å². The standard InChI is InChI=1S/C10H15N3O2/c1-7(9(11)14)6-12-4-5-13(10(12)15)8-2-3-8/h4-5,7-8H,2-3,6H2,1H3,(H2,11,14). The molecule has 0 aliphatic heterocycles. The number of hydrogen-bond donors (Lipinski definition) is 1. The topological polar surface area (TPSA) is 70.0 Å². The first-order valence-corrected chi connectivity index (χ1v) is 5.16. The van der Waals surface area contributed by atoms with Gasteiger partial charge in [-0.05, 0) is 12.8 Å². The van der Waals surface area contributed by atoms with Crippen LogP contribution in [0.3, 0.4) is 0 Å². The number of nitrogens with zero attached hydrogens (tertiary/aromatic N) is 2. The molecule has 1 aromatic heterocycles. The Morgan fingerprint density at radius 1 is 1.60 bits per heavy atom. The minimum absolute atomic E-state index is 0.0365. The van der Waals surface area contributed by atoms with E-state index in [0.29, 0.717) is 12.6 Å². The Labute approximate surface area is 87.5 Å². The molecule has 1 atom stereocenters. The molecule has 0 spiro atoms. The monoisotopic (exact) mass is 209 g/mol. The van der Waals surface area contributed by atoms with Crippen LogP contribution >= 0.6 is 0 Å². The molecule has 1 unspecified atom stereocenters. The highest BCUT2D eigenvalue weighted by atomic mass is 16.2. The van der Waals surface area contributed by atoms with E-state index in [4.69, 9.17) is 5.73 Å². The molecule has 1 aliphatic carbocycles.